The van der Waals surface area contributed by atoms with Gasteiger partial charge in [0.1, 0.15) is 5.75 Å². The van der Waals surface area contributed by atoms with E-state index >= 15 is 0 Å². The van der Waals surface area contributed by atoms with Crippen molar-refractivity contribution in [3.63, 3.8) is 0 Å². The van der Waals surface area contributed by atoms with E-state index in [1.165, 1.54) is 11.3 Å². The predicted molar refractivity (Wildman–Crippen MR) is 180 cm³/mol. The number of hydrogen-bond donors (Lipinski definition) is 2. The van der Waals surface area contributed by atoms with E-state index in [4.69, 9.17) is 0 Å². The Hall–Kier alpha value is -3.20. The number of nitrogens with zero attached hydrogens (tertiary/aromatic N) is 1. The summed E-state index contributed by atoms with van der Waals surface area (Å²) in [7, 11) is 0. The molecule has 0 heterocycles. The maximum atomic E-state index is 11.2. The molecule has 41 heavy (non-hydrogen) atoms. The van der Waals surface area contributed by atoms with Gasteiger partial charge in [-0.3, -0.25) is 0 Å². The molecule has 0 saturated heterocycles. The van der Waals surface area contributed by atoms with E-state index in [1.54, 1.807) is 0 Å². The van der Waals surface area contributed by atoms with Crippen LogP contribution in [-0.2, 0) is 17.3 Å². The third-order valence-electron chi connectivity index (χ3n) is 7.57. The van der Waals surface area contributed by atoms with Crippen LogP contribution in [0.25, 0.3) is 0 Å². The van der Waals surface area contributed by atoms with Gasteiger partial charge >= 0.3 is 0 Å². The lowest BCUT2D eigenvalue weighted by Gasteiger charge is -2.33. The fourth-order valence-electron chi connectivity index (χ4n) is 5.66. The Balaban J connectivity index is 1.87. The molecule has 3 aromatic carbocycles. The lowest BCUT2D eigenvalue weighted by molar-refractivity contribution is 0.309. The number of hydrogen-bond acceptors (Lipinski definition) is 3. The van der Waals surface area contributed by atoms with Crippen molar-refractivity contribution >= 4 is 17.1 Å². The van der Waals surface area contributed by atoms with Gasteiger partial charge in [0.15, 0.2) is 0 Å². The fraction of sp³-hybridized carbons (Fsp3) is 0.474. The van der Waals surface area contributed by atoms with Gasteiger partial charge in [0.25, 0.3) is 0 Å². The summed E-state index contributed by atoms with van der Waals surface area (Å²) in [5, 5.41) is 14.7. The molecular weight excluding hydrogens is 500 g/mol. The minimum Gasteiger partial charge on any atom is -0.507 e. The van der Waals surface area contributed by atoms with Crippen LogP contribution < -0.4 is 10.2 Å². The summed E-state index contributed by atoms with van der Waals surface area (Å²) < 4.78 is 0. The summed E-state index contributed by atoms with van der Waals surface area (Å²) in [6, 6.07) is 23.4. The molecule has 3 aromatic rings. The third kappa shape index (κ3) is 9.42. The molecule has 0 amide bonds. The van der Waals surface area contributed by atoms with Crippen molar-refractivity contribution in [1.29, 1.82) is 0 Å². The molecule has 0 aliphatic heterocycles. The van der Waals surface area contributed by atoms with Gasteiger partial charge in [-0.05, 0) is 94.5 Å². The van der Waals surface area contributed by atoms with Gasteiger partial charge in [0.2, 0.25) is 0 Å². The summed E-state index contributed by atoms with van der Waals surface area (Å²) >= 11 is 0. The molecule has 2 N–H and O–H groups in total. The molecule has 0 radical (unpaired) electrons. The molecule has 3 nitrogen and oxygen atoms in total. The summed E-state index contributed by atoms with van der Waals surface area (Å²) in [6.45, 7) is 27.9. The summed E-state index contributed by atoms with van der Waals surface area (Å²) in [4.78, 5) is 2.42. The van der Waals surface area contributed by atoms with Crippen LogP contribution in [0.2, 0.25) is 0 Å². The zero-order valence-corrected chi connectivity index (χ0v) is 27.4. The molecular formula is C38H54N2O. The van der Waals surface area contributed by atoms with E-state index in [9.17, 15) is 5.11 Å². The number of phenols is 1. The minimum atomic E-state index is -0.138. The summed E-state index contributed by atoms with van der Waals surface area (Å²) in [6.07, 6.45) is 2.87. The second-order valence-corrected chi connectivity index (χ2v) is 15.1. The van der Waals surface area contributed by atoms with E-state index in [0.29, 0.717) is 11.7 Å². The number of phenolic OH excluding ortho intramolecular Hbond substituents is 1. The number of aryl methyl sites for hydroxylation is 1. The number of allylic oxidation sites excluding steroid dienone is 1. The molecule has 0 spiro atoms. The normalized spacial score (nSPS) is 13.1. The van der Waals surface area contributed by atoms with Crippen LogP contribution in [0.5, 0.6) is 5.75 Å². The molecule has 0 bridgehead atoms. The number of anilines is 3. The van der Waals surface area contributed by atoms with Crippen LogP contribution in [-0.4, -0.2) is 11.7 Å². The number of rotatable bonds is 10. The number of para-hydroxylation sites is 1. The highest BCUT2D eigenvalue weighted by molar-refractivity contribution is 5.64. The molecule has 1 atom stereocenters. The Bertz CT molecular complexity index is 1250. The molecule has 0 aromatic heterocycles. The summed E-state index contributed by atoms with van der Waals surface area (Å²) in [5.41, 5.74) is 7.73. The second-order valence-electron chi connectivity index (χ2n) is 15.1. The summed E-state index contributed by atoms with van der Waals surface area (Å²) in [5.74, 6) is 0.955. The molecule has 0 aliphatic rings. The Morgan fingerprint density at radius 2 is 1.32 bits per heavy atom. The van der Waals surface area contributed by atoms with E-state index in [1.807, 2.05) is 18.2 Å². The Labute approximate surface area is 250 Å². The van der Waals surface area contributed by atoms with Gasteiger partial charge in [-0.25, -0.2) is 0 Å². The van der Waals surface area contributed by atoms with Gasteiger partial charge in [-0.2, -0.15) is 0 Å². The largest absolute Gasteiger partial charge is 0.507 e. The van der Waals surface area contributed by atoms with Crippen molar-refractivity contribution in [3.05, 3.63) is 95.7 Å². The third-order valence-corrected chi connectivity index (χ3v) is 7.57. The zero-order chi connectivity index (χ0) is 30.6. The lowest BCUT2D eigenvalue weighted by atomic mass is 9.78. The Kier molecular flexibility index (Phi) is 10.1. The van der Waals surface area contributed by atoms with Crippen LogP contribution in [0.1, 0.15) is 98.8 Å². The maximum absolute atomic E-state index is 11.2. The van der Waals surface area contributed by atoms with Gasteiger partial charge < -0.3 is 15.3 Å². The zero-order valence-electron chi connectivity index (χ0n) is 27.4. The molecule has 222 valence electrons. The van der Waals surface area contributed by atoms with Crippen LogP contribution in [0, 0.1) is 11.3 Å². The van der Waals surface area contributed by atoms with E-state index in [-0.39, 0.29) is 16.2 Å². The fourth-order valence-corrected chi connectivity index (χ4v) is 5.66. The monoisotopic (exact) mass is 554 g/mol. The minimum absolute atomic E-state index is 0.138. The predicted octanol–water partition coefficient (Wildman–Crippen LogP) is 10.8. The van der Waals surface area contributed by atoms with Gasteiger partial charge in [0.05, 0.1) is 0 Å². The molecule has 1 unspecified atom stereocenters. The first kappa shape index (κ1) is 32.3. The van der Waals surface area contributed by atoms with Crippen molar-refractivity contribution in [3.8, 4) is 5.75 Å². The van der Waals surface area contributed by atoms with Gasteiger partial charge in [-0.15, -0.1) is 0 Å². The molecule has 3 rings (SSSR count). The van der Waals surface area contributed by atoms with Gasteiger partial charge in [-0.1, -0.05) is 106 Å². The number of benzene rings is 3. The average molecular weight is 555 g/mol. The smallest absolute Gasteiger partial charge is 0.123 e. The highest BCUT2D eigenvalue weighted by Gasteiger charge is 2.27. The average Bonchev–Trinajstić information content (AvgIpc) is 2.85. The highest BCUT2D eigenvalue weighted by Crippen LogP contribution is 2.40. The van der Waals surface area contributed by atoms with E-state index in [2.05, 4.69) is 135 Å². The first-order chi connectivity index (χ1) is 18.9. The van der Waals surface area contributed by atoms with Crippen molar-refractivity contribution in [2.75, 3.05) is 16.8 Å². The SMILES string of the molecule is C=C(CCc1cc(C(C)(C)C)c(O)c(C(C)(C)C)c1)N(CC(C)CC(C)(C)C)c1ccc(Nc2ccccc2)cc1. The van der Waals surface area contributed by atoms with Gasteiger partial charge in [0, 0.05) is 29.3 Å². The van der Waals surface area contributed by atoms with Crippen molar-refractivity contribution in [2.45, 2.75) is 99.3 Å². The van der Waals surface area contributed by atoms with E-state index in [0.717, 1.165) is 54.0 Å². The van der Waals surface area contributed by atoms with Crippen LogP contribution in [0.15, 0.2) is 79.0 Å². The van der Waals surface area contributed by atoms with Crippen LogP contribution in [0.3, 0.4) is 0 Å². The molecule has 0 fully saturated rings. The Morgan fingerprint density at radius 3 is 1.80 bits per heavy atom. The van der Waals surface area contributed by atoms with Crippen molar-refractivity contribution in [1.82, 2.24) is 0 Å². The molecule has 0 aliphatic carbocycles. The standard InChI is InChI=1S/C38H54N2O/c1-27(25-36(3,4)5)26-40(32-21-19-31(20-22-32)39-30-15-13-12-14-16-30)28(2)17-18-29-23-33(37(6,7)8)35(41)34(24-29)38(9,10)11/h12-16,19-24,27,39,41H,2,17-18,25-26H2,1,3-11H3. The number of aromatic hydroxyl groups is 1. The maximum Gasteiger partial charge on any atom is 0.123 e. The van der Waals surface area contributed by atoms with Crippen molar-refractivity contribution < 1.29 is 5.11 Å². The molecule has 0 saturated carbocycles. The van der Waals surface area contributed by atoms with Crippen LogP contribution in [0.4, 0.5) is 17.1 Å². The first-order valence-electron chi connectivity index (χ1n) is 15.2. The Morgan fingerprint density at radius 1 is 0.805 bits per heavy atom. The van der Waals surface area contributed by atoms with Crippen LogP contribution >= 0.6 is 0 Å². The lowest BCUT2D eigenvalue weighted by Crippen LogP contribution is -2.29. The highest BCUT2D eigenvalue weighted by atomic mass is 16.3. The topological polar surface area (TPSA) is 35.5 Å². The number of nitrogens with one attached hydrogen (secondary N) is 1. The second kappa shape index (κ2) is 12.8. The molecule has 3 heteroatoms. The van der Waals surface area contributed by atoms with E-state index < -0.39 is 0 Å². The van der Waals surface area contributed by atoms with Crippen molar-refractivity contribution in [2.24, 2.45) is 11.3 Å². The first-order valence-corrected chi connectivity index (χ1v) is 15.2. The quantitative estimate of drug-likeness (QED) is 0.262.